The molecule has 7 heteroatoms. The van der Waals surface area contributed by atoms with Crippen LogP contribution in [-0.4, -0.2) is 21.8 Å². The summed E-state index contributed by atoms with van der Waals surface area (Å²) >= 11 is 6.13. The lowest BCUT2D eigenvalue weighted by Gasteiger charge is -2.17. The third-order valence-corrected chi connectivity index (χ3v) is 4.80. The van der Waals surface area contributed by atoms with E-state index in [2.05, 4.69) is 16.8 Å². The highest BCUT2D eigenvalue weighted by Gasteiger charge is 2.24. The zero-order valence-electron chi connectivity index (χ0n) is 16.4. The number of aryl methyl sites for hydroxylation is 2. The molecule has 30 heavy (non-hydrogen) atoms. The number of hydrazine groups is 1. The predicted molar refractivity (Wildman–Crippen MR) is 117 cm³/mol. The first kappa shape index (κ1) is 21.1. The third-order valence-electron chi connectivity index (χ3n) is 4.49. The second kappa shape index (κ2) is 8.78. The van der Waals surface area contributed by atoms with E-state index in [-0.39, 0.29) is 16.1 Å². The molecule has 1 heterocycles. The number of carbonyl (C=O) groups is 2. The first-order chi connectivity index (χ1) is 14.3. The van der Waals surface area contributed by atoms with Crippen LogP contribution in [0.3, 0.4) is 0 Å². The number of nitrogens with two attached hydrogens (primary N) is 2. The molecule has 3 aromatic rings. The second-order valence-electron chi connectivity index (χ2n) is 6.66. The second-order valence-corrected chi connectivity index (χ2v) is 7.07. The maximum absolute atomic E-state index is 12.8. The molecule has 0 radical (unpaired) electrons. The van der Waals surface area contributed by atoms with Gasteiger partial charge in [-0.3, -0.25) is 9.59 Å². The van der Waals surface area contributed by atoms with Gasteiger partial charge in [-0.1, -0.05) is 41.6 Å². The number of halogens is 1. The van der Waals surface area contributed by atoms with Crippen molar-refractivity contribution < 1.29 is 9.59 Å². The van der Waals surface area contributed by atoms with Crippen LogP contribution >= 0.6 is 11.6 Å². The van der Waals surface area contributed by atoms with E-state index < -0.39 is 11.8 Å². The minimum atomic E-state index is -0.677. The summed E-state index contributed by atoms with van der Waals surface area (Å²) in [7, 11) is 0. The number of pyridine rings is 1. The van der Waals surface area contributed by atoms with E-state index in [0.29, 0.717) is 27.5 Å². The summed E-state index contributed by atoms with van der Waals surface area (Å²) in [5.41, 5.74) is 8.82. The lowest BCUT2D eigenvalue weighted by Crippen LogP contribution is -2.43. The lowest BCUT2D eigenvalue weighted by atomic mass is 10.0. The number of hydrogen-bond acceptors (Lipinski definition) is 5. The fourth-order valence-electron chi connectivity index (χ4n) is 2.76. The normalized spacial score (nSPS) is 10.1. The van der Waals surface area contributed by atoms with Crippen molar-refractivity contribution in [2.45, 2.75) is 13.8 Å². The van der Waals surface area contributed by atoms with Crippen molar-refractivity contribution in [3.8, 4) is 11.8 Å². The van der Waals surface area contributed by atoms with Crippen molar-refractivity contribution in [2.75, 3.05) is 5.73 Å². The molecule has 150 valence electrons. The minimum Gasteiger partial charge on any atom is -0.384 e. The molecular weight excluding hydrogens is 400 g/mol. The number of nitrogens with zero attached hydrogens (tertiary/aromatic N) is 2. The highest BCUT2D eigenvalue weighted by Crippen LogP contribution is 2.21. The van der Waals surface area contributed by atoms with E-state index in [0.717, 1.165) is 5.56 Å². The number of aromatic nitrogens is 1. The molecule has 6 nitrogen and oxygen atoms in total. The Kier molecular flexibility index (Phi) is 6.17. The standard InChI is InChI=1S/C23H19ClN4O2/c1-14-6-9-18(12-17(14)10-7-16-8-11-20(25)27-13-16)22(29)28(26)23(30)21-15(2)4-3-5-19(21)24/h3-6,8-9,11-13H,26H2,1-2H3,(H2,25,27). The van der Waals surface area contributed by atoms with Crippen LogP contribution in [0.4, 0.5) is 5.82 Å². The Bertz CT molecular complexity index is 1170. The summed E-state index contributed by atoms with van der Waals surface area (Å²) in [4.78, 5) is 29.6. The number of rotatable bonds is 2. The molecule has 0 aliphatic rings. The summed E-state index contributed by atoms with van der Waals surface area (Å²) in [6.45, 7) is 3.60. The van der Waals surface area contributed by atoms with Gasteiger partial charge >= 0.3 is 0 Å². The van der Waals surface area contributed by atoms with Crippen LogP contribution < -0.4 is 11.6 Å². The Morgan fingerprint density at radius 2 is 1.77 bits per heavy atom. The number of benzene rings is 2. The van der Waals surface area contributed by atoms with Gasteiger partial charge < -0.3 is 5.73 Å². The first-order valence-electron chi connectivity index (χ1n) is 9.00. The van der Waals surface area contributed by atoms with Crippen molar-refractivity contribution in [3.05, 3.63) is 93.1 Å². The molecule has 0 spiro atoms. The van der Waals surface area contributed by atoms with Crippen molar-refractivity contribution >= 4 is 29.2 Å². The molecule has 0 fully saturated rings. The molecule has 1 aromatic heterocycles. The van der Waals surface area contributed by atoms with Gasteiger partial charge in [0.1, 0.15) is 5.82 Å². The van der Waals surface area contributed by atoms with Crippen LogP contribution in [0.25, 0.3) is 0 Å². The zero-order chi connectivity index (χ0) is 21.8. The van der Waals surface area contributed by atoms with Crippen LogP contribution in [0.5, 0.6) is 0 Å². The topological polar surface area (TPSA) is 102 Å². The number of carbonyl (C=O) groups excluding carboxylic acids is 2. The molecule has 2 aromatic carbocycles. The van der Waals surface area contributed by atoms with E-state index in [9.17, 15) is 9.59 Å². The van der Waals surface area contributed by atoms with Gasteiger partial charge in [0.2, 0.25) is 0 Å². The van der Waals surface area contributed by atoms with Gasteiger partial charge in [0.15, 0.2) is 0 Å². The third kappa shape index (κ3) is 4.49. The van der Waals surface area contributed by atoms with Crippen molar-refractivity contribution in [1.82, 2.24) is 9.99 Å². The maximum Gasteiger partial charge on any atom is 0.276 e. The monoisotopic (exact) mass is 418 g/mol. The Labute approximate surface area is 179 Å². The Morgan fingerprint density at radius 3 is 2.43 bits per heavy atom. The van der Waals surface area contributed by atoms with Crippen molar-refractivity contribution in [3.63, 3.8) is 0 Å². The van der Waals surface area contributed by atoms with Crippen LogP contribution in [0, 0.1) is 25.7 Å². The minimum absolute atomic E-state index is 0.193. The van der Waals surface area contributed by atoms with Gasteiger partial charge in [0.05, 0.1) is 10.6 Å². The quantitative estimate of drug-likeness (QED) is 0.218. The number of nitrogen functional groups attached to an aromatic ring is 1. The van der Waals surface area contributed by atoms with Crippen molar-refractivity contribution in [2.24, 2.45) is 5.84 Å². The summed E-state index contributed by atoms with van der Waals surface area (Å²) in [6, 6.07) is 13.4. The van der Waals surface area contributed by atoms with Crippen LogP contribution in [0.15, 0.2) is 54.7 Å². The molecule has 4 N–H and O–H groups in total. The van der Waals surface area contributed by atoms with Gasteiger partial charge in [-0.2, -0.15) is 0 Å². The molecule has 0 saturated heterocycles. The van der Waals surface area contributed by atoms with Crippen molar-refractivity contribution in [1.29, 1.82) is 0 Å². The van der Waals surface area contributed by atoms with Crippen LogP contribution in [0.2, 0.25) is 5.02 Å². The fraction of sp³-hybridized carbons (Fsp3) is 0.0870. The van der Waals surface area contributed by atoms with Crippen LogP contribution in [-0.2, 0) is 0 Å². The Morgan fingerprint density at radius 1 is 1.00 bits per heavy atom. The summed E-state index contributed by atoms with van der Waals surface area (Å²) in [5, 5.41) is 0.802. The van der Waals surface area contributed by atoms with Gasteiger partial charge in [0.25, 0.3) is 11.8 Å². The molecule has 0 aliphatic heterocycles. The SMILES string of the molecule is Cc1ccc(C(=O)N(N)C(=O)c2c(C)cccc2Cl)cc1C#Cc1ccc(N)nc1. The van der Waals surface area contributed by atoms with Gasteiger partial charge in [-0.15, -0.1) is 0 Å². The summed E-state index contributed by atoms with van der Waals surface area (Å²) < 4.78 is 0. The summed E-state index contributed by atoms with van der Waals surface area (Å²) in [6.07, 6.45) is 1.57. The predicted octanol–water partition coefficient (Wildman–Crippen LogP) is 3.49. The molecule has 0 saturated carbocycles. The molecule has 0 bridgehead atoms. The number of anilines is 1. The van der Waals surface area contributed by atoms with E-state index in [1.54, 1.807) is 61.7 Å². The molecule has 0 aliphatic carbocycles. The largest absolute Gasteiger partial charge is 0.384 e. The number of imide groups is 1. The lowest BCUT2D eigenvalue weighted by molar-refractivity contribution is 0.0615. The molecule has 2 amide bonds. The van der Waals surface area contributed by atoms with Crippen LogP contribution in [0.1, 0.15) is 43.0 Å². The number of hydrogen-bond donors (Lipinski definition) is 2. The zero-order valence-corrected chi connectivity index (χ0v) is 17.2. The average molecular weight is 419 g/mol. The molecule has 3 rings (SSSR count). The molecule has 0 atom stereocenters. The Balaban J connectivity index is 1.89. The highest BCUT2D eigenvalue weighted by atomic mass is 35.5. The number of amides is 2. The highest BCUT2D eigenvalue weighted by molar-refractivity contribution is 6.34. The maximum atomic E-state index is 12.8. The van der Waals surface area contributed by atoms with E-state index in [4.69, 9.17) is 23.2 Å². The summed E-state index contributed by atoms with van der Waals surface area (Å²) in [5.74, 6) is 10.9. The average Bonchev–Trinajstić information content (AvgIpc) is 2.73. The Hall–Kier alpha value is -3.66. The molecule has 0 unspecified atom stereocenters. The molecular formula is C23H19ClN4O2. The smallest absolute Gasteiger partial charge is 0.276 e. The van der Waals surface area contributed by atoms with Gasteiger partial charge in [-0.05, 0) is 55.3 Å². The van der Waals surface area contributed by atoms with Gasteiger partial charge in [0, 0.05) is 22.9 Å². The first-order valence-corrected chi connectivity index (χ1v) is 9.38. The fourth-order valence-corrected chi connectivity index (χ4v) is 3.07. The van der Waals surface area contributed by atoms with E-state index >= 15 is 0 Å². The van der Waals surface area contributed by atoms with E-state index in [1.165, 1.54) is 0 Å². The van der Waals surface area contributed by atoms with E-state index in [1.807, 2.05) is 6.92 Å². The van der Waals surface area contributed by atoms with Gasteiger partial charge in [-0.25, -0.2) is 15.8 Å².